The number of urea groups is 1. The number of nitrogens with zero attached hydrogens (tertiary/aromatic N) is 1. The molecule has 1 saturated carbocycles. The summed E-state index contributed by atoms with van der Waals surface area (Å²) in [5, 5.41) is 3.04. The zero-order valence-corrected chi connectivity index (χ0v) is 13.1. The Bertz CT molecular complexity index is 510. The molecule has 2 amide bonds. The third-order valence-corrected chi connectivity index (χ3v) is 4.31. The summed E-state index contributed by atoms with van der Waals surface area (Å²) in [6.45, 7) is 2.95. The standard InChI is InChI=1S/C17H24N2O3/c1-21-16-4-2-3-13(9-16)10-18-17(20)19(15-5-6-15)11-14-7-8-22-12-14/h2-4,9,14-15H,5-8,10-12H2,1H3,(H,18,20). The maximum Gasteiger partial charge on any atom is 0.317 e. The van der Waals surface area contributed by atoms with Gasteiger partial charge in [-0.05, 0) is 37.0 Å². The van der Waals surface area contributed by atoms with E-state index in [2.05, 4.69) is 5.32 Å². The lowest BCUT2D eigenvalue weighted by Gasteiger charge is -2.25. The van der Waals surface area contributed by atoms with Crippen LogP contribution >= 0.6 is 0 Å². The monoisotopic (exact) mass is 304 g/mol. The third kappa shape index (κ3) is 3.91. The predicted octanol–water partition coefficient (Wildman–Crippen LogP) is 2.41. The minimum atomic E-state index is 0.0391. The van der Waals surface area contributed by atoms with Crippen LogP contribution in [0.4, 0.5) is 4.79 Å². The summed E-state index contributed by atoms with van der Waals surface area (Å²) in [5.41, 5.74) is 1.05. The number of nitrogens with one attached hydrogen (secondary N) is 1. The Hall–Kier alpha value is -1.75. The molecule has 5 nitrogen and oxygen atoms in total. The highest BCUT2D eigenvalue weighted by atomic mass is 16.5. The second kappa shape index (κ2) is 7.01. The summed E-state index contributed by atoms with van der Waals surface area (Å²) in [5.74, 6) is 1.30. The van der Waals surface area contributed by atoms with Crippen LogP contribution in [0.2, 0.25) is 0 Å². The van der Waals surface area contributed by atoms with E-state index in [0.717, 1.165) is 50.3 Å². The molecule has 1 aliphatic heterocycles. The first kappa shape index (κ1) is 15.2. The van der Waals surface area contributed by atoms with Crippen LogP contribution in [0, 0.1) is 5.92 Å². The van der Waals surface area contributed by atoms with Gasteiger partial charge in [0.05, 0.1) is 13.7 Å². The van der Waals surface area contributed by atoms with Crippen molar-refractivity contribution < 1.29 is 14.3 Å². The summed E-state index contributed by atoms with van der Waals surface area (Å²) < 4.78 is 10.6. The van der Waals surface area contributed by atoms with E-state index in [-0.39, 0.29) is 6.03 Å². The van der Waals surface area contributed by atoms with Gasteiger partial charge >= 0.3 is 6.03 Å². The zero-order valence-electron chi connectivity index (χ0n) is 13.1. The van der Waals surface area contributed by atoms with Crippen LogP contribution in [0.3, 0.4) is 0 Å². The molecular weight excluding hydrogens is 280 g/mol. The number of amides is 2. The van der Waals surface area contributed by atoms with Gasteiger partial charge in [-0.15, -0.1) is 0 Å². The Morgan fingerprint density at radius 3 is 2.95 bits per heavy atom. The van der Waals surface area contributed by atoms with Crippen LogP contribution in [-0.2, 0) is 11.3 Å². The Morgan fingerprint density at radius 2 is 2.27 bits per heavy atom. The summed E-state index contributed by atoms with van der Waals surface area (Å²) in [4.78, 5) is 14.5. The zero-order chi connectivity index (χ0) is 15.4. The lowest BCUT2D eigenvalue weighted by Crippen LogP contribution is -2.43. The van der Waals surface area contributed by atoms with Gasteiger partial charge in [0.1, 0.15) is 5.75 Å². The van der Waals surface area contributed by atoms with Gasteiger partial charge in [0.25, 0.3) is 0 Å². The predicted molar refractivity (Wildman–Crippen MR) is 83.9 cm³/mol. The molecule has 3 rings (SSSR count). The summed E-state index contributed by atoms with van der Waals surface area (Å²) in [6.07, 6.45) is 3.31. The number of methoxy groups -OCH3 is 1. The Labute approximate surface area is 131 Å². The fourth-order valence-corrected chi connectivity index (χ4v) is 2.85. The molecule has 0 radical (unpaired) electrons. The van der Waals surface area contributed by atoms with Gasteiger partial charge in [-0.25, -0.2) is 4.79 Å². The molecule has 1 unspecified atom stereocenters. The molecule has 0 aromatic heterocycles. The quantitative estimate of drug-likeness (QED) is 0.878. The van der Waals surface area contributed by atoms with Crippen LogP contribution in [0.1, 0.15) is 24.8 Å². The topological polar surface area (TPSA) is 50.8 Å². The van der Waals surface area contributed by atoms with E-state index in [0.29, 0.717) is 18.5 Å². The van der Waals surface area contributed by atoms with Crippen LogP contribution < -0.4 is 10.1 Å². The van der Waals surface area contributed by atoms with Gasteiger partial charge in [-0.2, -0.15) is 0 Å². The molecule has 0 bridgehead atoms. The van der Waals surface area contributed by atoms with Gasteiger partial charge < -0.3 is 19.7 Å². The second-order valence-electron chi connectivity index (χ2n) is 6.12. The molecule has 1 aliphatic carbocycles. The van der Waals surface area contributed by atoms with Crippen molar-refractivity contribution >= 4 is 6.03 Å². The van der Waals surface area contributed by atoms with Crippen molar-refractivity contribution in [3.63, 3.8) is 0 Å². The van der Waals surface area contributed by atoms with Crippen molar-refractivity contribution in [3.8, 4) is 5.75 Å². The van der Waals surface area contributed by atoms with E-state index in [9.17, 15) is 4.79 Å². The molecule has 1 aromatic carbocycles. The smallest absolute Gasteiger partial charge is 0.317 e. The number of hydrogen-bond donors (Lipinski definition) is 1. The van der Waals surface area contributed by atoms with Crippen LogP contribution in [-0.4, -0.2) is 43.8 Å². The lowest BCUT2D eigenvalue weighted by atomic mass is 10.1. The number of benzene rings is 1. The summed E-state index contributed by atoms with van der Waals surface area (Å²) in [6, 6.07) is 8.25. The average molecular weight is 304 g/mol. The van der Waals surface area contributed by atoms with Crippen molar-refractivity contribution in [2.45, 2.75) is 31.8 Å². The first-order valence-electron chi connectivity index (χ1n) is 8.01. The van der Waals surface area contributed by atoms with E-state index in [1.165, 1.54) is 0 Å². The first-order chi connectivity index (χ1) is 10.8. The summed E-state index contributed by atoms with van der Waals surface area (Å²) in [7, 11) is 1.65. The van der Waals surface area contributed by atoms with Gasteiger partial charge in [0.15, 0.2) is 0 Å². The fourth-order valence-electron chi connectivity index (χ4n) is 2.85. The second-order valence-corrected chi connectivity index (χ2v) is 6.12. The normalized spacial score (nSPS) is 20.7. The minimum absolute atomic E-state index is 0.0391. The highest BCUT2D eigenvalue weighted by Crippen LogP contribution is 2.29. The molecule has 1 aromatic rings. The molecule has 1 atom stereocenters. The van der Waals surface area contributed by atoms with Gasteiger partial charge in [0, 0.05) is 31.7 Å². The molecule has 2 fully saturated rings. The molecule has 1 N–H and O–H groups in total. The fraction of sp³-hybridized carbons (Fsp3) is 0.588. The highest BCUT2D eigenvalue weighted by molar-refractivity contribution is 5.75. The van der Waals surface area contributed by atoms with Crippen molar-refractivity contribution in [1.29, 1.82) is 0 Å². The van der Waals surface area contributed by atoms with E-state index in [1.807, 2.05) is 29.2 Å². The molecule has 1 saturated heterocycles. The Morgan fingerprint density at radius 1 is 1.41 bits per heavy atom. The number of carbonyl (C=O) groups is 1. The van der Waals surface area contributed by atoms with E-state index in [4.69, 9.17) is 9.47 Å². The number of carbonyl (C=O) groups excluding carboxylic acids is 1. The van der Waals surface area contributed by atoms with Gasteiger partial charge in [-0.1, -0.05) is 12.1 Å². The molecule has 2 aliphatic rings. The summed E-state index contributed by atoms with van der Waals surface area (Å²) >= 11 is 0. The minimum Gasteiger partial charge on any atom is -0.497 e. The van der Waals surface area contributed by atoms with Crippen molar-refractivity contribution in [1.82, 2.24) is 10.2 Å². The largest absolute Gasteiger partial charge is 0.497 e. The number of hydrogen-bond acceptors (Lipinski definition) is 3. The molecule has 1 heterocycles. The van der Waals surface area contributed by atoms with Crippen molar-refractivity contribution in [3.05, 3.63) is 29.8 Å². The lowest BCUT2D eigenvalue weighted by molar-refractivity contribution is 0.162. The average Bonchev–Trinajstić information content (AvgIpc) is 3.26. The molecular formula is C17H24N2O3. The Balaban J connectivity index is 1.54. The first-order valence-corrected chi connectivity index (χ1v) is 8.01. The van der Waals surface area contributed by atoms with E-state index >= 15 is 0 Å². The van der Waals surface area contributed by atoms with E-state index in [1.54, 1.807) is 7.11 Å². The van der Waals surface area contributed by atoms with Crippen molar-refractivity contribution in [2.75, 3.05) is 26.9 Å². The van der Waals surface area contributed by atoms with Crippen LogP contribution in [0.25, 0.3) is 0 Å². The maximum atomic E-state index is 12.5. The molecule has 5 heteroatoms. The Kier molecular flexibility index (Phi) is 4.83. The maximum absolute atomic E-state index is 12.5. The molecule has 0 spiro atoms. The highest BCUT2D eigenvalue weighted by Gasteiger charge is 2.34. The molecule has 120 valence electrons. The SMILES string of the molecule is COc1cccc(CNC(=O)N(CC2CCOC2)C2CC2)c1. The number of ether oxygens (including phenoxy) is 2. The van der Waals surface area contributed by atoms with Crippen molar-refractivity contribution in [2.24, 2.45) is 5.92 Å². The van der Waals surface area contributed by atoms with Crippen LogP contribution in [0.15, 0.2) is 24.3 Å². The van der Waals surface area contributed by atoms with Gasteiger partial charge in [-0.3, -0.25) is 0 Å². The third-order valence-electron chi connectivity index (χ3n) is 4.31. The molecule has 22 heavy (non-hydrogen) atoms. The van der Waals surface area contributed by atoms with E-state index < -0.39 is 0 Å². The van der Waals surface area contributed by atoms with Gasteiger partial charge in [0.2, 0.25) is 0 Å². The van der Waals surface area contributed by atoms with Crippen LogP contribution in [0.5, 0.6) is 5.75 Å². The number of rotatable bonds is 6.